The maximum Gasteiger partial charge on any atom is 0.344 e. The van der Waals surface area contributed by atoms with Gasteiger partial charge in [-0.1, -0.05) is 136 Å². The van der Waals surface area contributed by atoms with Gasteiger partial charge >= 0.3 is 17.2 Å². The molecular formula is C38H54ClN5O5S. The summed E-state index contributed by atoms with van der Waals surface area (Å²) in [5, 5.41) is 18.3. The number of rotatable bonds is 19. The van der Waals surface area contributed by atoms with E-state index in [4.69, 9.17) is 20.5 Å². The Labute approximate surface area is 304 Å². The lowest BCUT2D eigenvalue weighted by Crippen LogP contribution is -2.27. The smallest absolute Gasteiger partial charge is 0.344 e. The number of aromatic nitrogens is 4. The Hall–Kier alpha value is -3.57. The molecule has 0 aliphatic rings. The molecule has 4 aromatic rings. The zero-order valence-electron chi connectivity index (χ0n) is 30.6. The molecule has 274 valence electrons. The number of nitrogens with zero attached hydrogens (tertiary/aromatic N) is 3. The summed E-state index contributed by atoms with van der Waals surface area (Å²) in [5.74, 6) is -0.166. The molecule has 3 N–H and O–H groups in total. The van der Waals surface area contributed by atoms with Gasteiger partial charge in [-0.15, -0.1) is 5.10 Å². The van der Waals surface area contributed by atoms with E-state index in [1.54, 1.807) is 35.0 Å². The molecule has 12 heteroatoms. The molecule has 2 unspecified atom stereocenters. The molecule has 0 spiro atoms. The normalized spacial score (nSPS) is 13.4. The van der Waals surface area contributed by atoms with Gasteiger partial charge in [0.2, 0.25) is 0 Å². The fraction of sp³-hybridized carbons (Fsp3) is 0.553. The summed E-state index contributed by atoms with van der Waals surface area (Å²) in [5.41, 5.74) is 3.06. The van der Waals surface area contributed by atoms with E-state index >= 15 is 0 Å². The summed E-state index contributed by atoms with van der Waals surface area (Å²) in [6.45, 7) is 14.6. The molecule has 10 nitrogen and oxygen atoms in total. The van der Waals surface area contributed by atoms with Gasteiger partial charge in [0.15, 0.2) is 29.1 Å². The van der Waals surface area contributed by atoms with Crippen molar-refractivity contribution >= 4 is 40.2 Å². The van der Waals surface area contributed by atoms with Crippen molar-refractivity contribution in [3.63, 3.8) is 0 Å². The average molecular weight is 728 g/mol. The average Bonchev–Trinajstić information content (AvgIpc) is 3.61. The van der Waals surface area contributed by atoms with Crippen LogP contribution in [-0.4, -0.2) is 41.2 Å². The first-order chi connectivity index (χ1) is 23.7. The van der Waals surface area contributed by atoms with Crippen molar-refractivity contribution in [3.05, 3.63) is 58.7 Å². The molecule has 4 rings (SSSR count). The summed E-state index contributed by atoms with van der Waals surface area (Å²) >= 11 is 4.57. The van der Waals surface area contributed by atoms with Crippen molar-refractivity contribution < 1.29 is 23.0 Å². The summed E-state index contributed by atoms with van der Waals surface area (Å²) in [7, 11) is 0. The number of halogens is 1. The molecule has 2 atom stereocenters. The van der Waals surface area contributed by atoms with Gasteiger partial charge in [-0.3, -0.25) is 9.82 Å². The molecule has 0 bridgehead atoms. The van der Waals surface area contributed by atoms with Gasteiger partial charge in [0.25, 0.3) is 0 Å². The molecule has 0 fully saturated rings. The number of aliphatic carboxylic acids is 1. The number of ether oxygens (including phenoxy) is 1. The lowest BCUT2D eigenvalue weighted by atomic mass is 9.87. The highest BCUT2D eigenvalue weighted by atomic mass is 35.5. The minimum absolute atomic E-state index is 0.197. The van der Waals surface area contributed by atoms with Crippen LogP contribution >= 0.6 is 11.6 Å². The van der Waals surface area contributed by atoms with E-state index < -0.39 is 23.3 Å². The third-order valence-electron chi connectivity index (χ3n) is 8.65. The largest absolute Gasteiger partial charge is 0.479 e. The topological polar surface area (TPSA) is 131 Å². The molecule has 0 radical (unpaired) electrons. The maximum absolute atomic E-state index is 13.4. The second-order valence-electron chi connectivity index (χ2n) is 15.0. The first kappa shape index (κ1) is 39.2. The Balaban J connectivity index is 1.42. The number of nitrogens with one attached hydrogen (secondary N) is 2. The molecule has 0 aliphatic carbocycles. The number of benzene rings is 2. The Morgan fingerprint density at radius 2 is 1.60 bits per heavy atom. The van der Waals surface area contributed by atoms with Crippen LogP contribution in [0.5, 0.6) is 11.5 Å². The minimum atomic E-state index is -2.05. The van der Waals surface area contributed by atoms with Gasteiger partial charge in [0.1, 0.15) is 5.02 Å². The highest BCUT2D eigenvalue weighted by Gasteiger charge is 2.26. The van der Waals surface area contributed by atoms with Gasteiger partial charge in [0.05, 0.1) is 11.4 Å². The summed E-state index contributed by atoms with van der Waals surface area (Å²) < 4.78 is 29.7. The van der Waals surface area contributed by atoms with E-state index in [2.05, 4.69) is 68.4 Å². The van der Waals surface area contributed by atoms with E-state index in [0.29, 0.717) is 34.2 Å². The van der Waals surface area contributed by atoms with Gasteiger partial charge < -0.3 is 14.0 Å². The van der Waals surface area contributed by atoms with Crippen LogP contribution in [0, 0.1) is 0 Å². The van der Waals surface area contributed by atoms with Crippen LogP contribution in [-0.2, 0) is 26.9 Å². The van der Waals surface area contributed by atoms with Gasteiger partial charge in [0, 0.05) is 11.0 Å². The first-order valence-electron chi connectivity index (χ1n) is 17.8. The Morgan fingerprint density at radius 1 is 0.940 bits per heavy atom. The number of anilines is 1. The van der Waals surface area contributed by atoms with E-state index in [1.807, 2.05) is 12.1 Å². The summed E-state index contributed by atoms with van der Waals surface area (Å²) in [4.78, 5) is 16.8. The van der Waals surface area contributed by atoms with Crippen molar-refractivity contribution in [1.29, 1.82) is 0 Å². The molecule has 2 heterocycles. The van der Waals surface area contributed by atoms with Crippen molar-refractivity contribution in [2.24, 2.45) is 0 Å². The second-order valence-corrected chi connectivity index (χ2v) is 16.3. The number of fused-ring (bicyclic) bond motifs is 1. The highest BCUT2D eigenvalue weighted by molar-refractivity contribution is 7.82. The molecular weight excluding hydrogens is 674 g/mol. The number of hydrogen-bond donors (Lipinski definition) is 3. The fourth-order valence-electron chi connectivity index (χ4n) is 5.68. The van der Waals surface area contributed by atoms with Gasteiger partial charge in [-0.05, 0) is 48.1 Å². The van der Waals surface area contributed by atoms with Crippen LogP contribution < -0.4 is 13.6 Å². The third-order valence-corrected chi connectivity index (χ3v) is 9.74. The van der Waals surface area contributed by atoms with E-state index in [9.17, 15) is 14.1 Å². The van der Waals surface area contributed by atoms with Crippen molar-refractivity contribution in [1.82, 2.24) is 19.8 Å². The Kier molecular flexibility index (Phi) is 13.8. The fourth-order valence-corrected chi connectivity index (χ4v) is 6.78. The predicted octanol–water partition coefficient (Wildman–Crippen LogP) is 10.2. The number of hydrogen-bond acceptors (Lipinski definition) is 6. The zero-order valence-corrected chi connectivity index (χ0v) is 32.2. The SMILES string of the molecule is CCCCCCCCCCCCC(Oc1ccc(C(C)(C)C)cc1OS(=O)Nc1cccc(-c2nc3c(Cl)c(C(C)(C)C)[nH]n3n2)c1)C(=O)O. The molecule has 0 aliphatic heterocycles. The van der Waals surface area contributed by atoms with Crippen LogP contribution in [0.1, 0.15) is 130 Å². The number of carboxylic acid groups (broad SMARTS) is 1. The van der Waals surface area contributed by atoms with Crippen molar-refractivity contribution in [3.8, 4) is 22.9 Å². The quantitative estimate of drug-likeness (QED) is 0.0819. The van der Waals surface area contributed by atoms with Crippen molar-refractivity contribution in [2.45, 2.75) is 136 Å². The Bertz CT molecular complexity index is 1740. The van der Waals surface area contributed by atoms with Gasteiger partial charge in [-0.2, -0.15) is 8.84 Å². The summed E-state index contributed by atoms with van der Waals surface area (Å²) in [6, 6.07) is 12.5. The zero-order chi connectivity index (χ0) is 36.5. The second kappa shape index (κ2) is 17.6. The number of H-pyrrole nitrogens is 1. The monoisotopic (exact) mass is 727 g/mol. The lowest BCUT2D eigenvalue weighted by molar-refractivity contribution is -0.145. The molecule has 0 saturated heterocycles. The van der Waals surface area contributed by atoms with E-state index in [1.165, 1.54) is 44.9 Å². The number of carbonyl (C=O) groups is 1. The standard InChI is InChI=1S/C38H54ClN5O5S/c1-8-9-10-11-12-13-14-15-16-17-21-30(36(45)46)48-29-23-22-27(37(2,3)4)25-31(29)49-50(47)43-28-20-18-19-26(24-28)34-40-35-32(39)33(38(5,6)7)41-44(35)42-34/h18-20,22-25,30,41,43H,8-17,21H2,1-7H3,(H,45,46). The van der Waals surface area contributed by atoms with Crippen LogP contribution in [0.2, 0.25) is 5.02 Å². The number of aromatic amines is 1. The lowest BCUT2D eigenvalue weighted by Gasteiger charge is -2.22. The highest BCUT2D eigenvalue weighted by Crippen LogP contribution is 2.36. The van der Waals surface area contributed by atoms with Gasteiger partial charge in [-0.25, -0.2) is 9.78 Å². The summed E-state index contributed by atoms with van der Waals surface area (Å²) in [6.07, 6.45) is 10.9. The molecule has 50 heavy (non-hydrogen) atoms. The predicted molar refractivity (Wildman–Crippen MR) is 203 cm³/mol. The minimum Gasteiger partial charge on any atom is -0.479 e. The molecule has 2 aromatic carbocycles. The molecule has 2 aromatic heterocycles. The Morgan fingerprint density at radius 3 is 2.20 bits per heavy atom. The van der Waals surface area contributed by atoms with Crippen LogP contribution in [0.25, 0.3) is 17.0 Å². The van der Waals surface area contributed by atoms with Crippen LogP contribution in [0.4, 0.5) is 5.69 Å². The number of carboxylic acids is 1. The maximum atomic E-state index is 13.4. The van der Waals surface area contributed by atoms with E-state index in [0.717, 1.165) is 30.5 Å². The molecule has 0 saturated carbocycles. The van der Waals surface area contributed by atoms with Crippen LogP contribution in [0.3, 0.4) is 0 Å². The number of unbranched alkanes of at least 4 members (excludes halogenated alkanes) is 9. The van der Waals surface area contributed by atoms with Crippen molar-refractivity contribution in [2.75, 3.05) is 4.72 Å². The third kappa shape index (κ3) is 11.0. The first-order valence-corrected chi connectivity index (χ1v) is 19.3. The van der Waals surface area contributed by atoms with E-state index in [-0.39, 0.29) is 22.3 Å². The van der Waals surface area contributed by atoms with Crippen LogP contribution in [0.15, 0.2) is 42.5 Å². The molecule has 0 amide bonds.